The molecule has 0 spiro atoms. The molecule has 0 aromatic heterocycles. The van der Waals surface area contributed by atoms with E-state index in [-0.39, 0.29) is 6.03 Å². The molecule has 4 nitrogen and oxygen atoms in total. The van der Waals surface area contributed by atoms with Crippen LogP contribution >= 0.6 is 0 Å². The van der Waals surface area contributed by atoms with Gasteiger partial charge in [-0.1, -0.05) is 6.92 Å². The van der Waals surface area contributed by atoms with Gasteiger partial charge in [-0.3, -0.25) is 0 Å². The first kappa shape index (κ1) is 9.77. The van der Waals surface area contributed by atoms with Crippen molar-refractivity contribution in [1.29, 1.82) is 0 Å². The second kappa shape index (κ2) is 4.17. The number of nitrogens with zero attached hydrogens (tertiary/aromatic N) is 3. The molecule has 14 heavy (non-hydrogen) atoms. The van der Waals surface area contributed by atoms with E-state index >= 15 is 0 Å². The van der Waals surface area contributed by atoms with Crippen molar-refractivity contribution in [3.8, 4) is 0 Å². The highest BCUT2D eigenvalue weighted by Gasteiger charge is 2.27. The maximum Gasteiger partial charge on any atom is 0.320 e. The van der Waals surface area contributed by atoms with Crippen LogP contribution < -0.4 is 0 Å². The Morgan fingerprint density at radius 1 is 1.00 bits per heavy atom. The third-order valence-electron chi connectivity index (χ3n) is 3.22. The first-order valence-electron chi connectivity index (χ1n) is 5.57. The number of hydrogen-bond donors (Lipinski definition) is 0. The number of likely N-dealkylation sites (tertiary alicyclic amines) is 1. The van der Waals surface area contributed by atoms with Gasteiger partial charge in [0.2, 0.25) is 0 Å². The lowest BCUT2D eigenvalue weighted by Crippen LogP contribution is -2.55. The number of likely N-dealkylation sites (N-methyl/N-ethyl adjacent to an activating group) is 1. The Hall–Kier alpha value is -0.770. The van der Waals surface area contributed by atoms with Gasteiger partial charge in [0.15, 0.2) is 0 Å². The maximum absolute atomic E-state index is 11.8. The van der Waals surface area contributed by atoms with Crippen molar-refractivity contribution in [2.45, 2.75) is 13.3 Å². The predicted octanol–water partition coefficient (Wildman–Crippen LogP) is 0.450. The molecule has 0 unspecified atom stereocenters. The molecule has 2 aliphatic heterocycles. The molecule has 2 saturated heterocycles. The van der Waals surface area contributed by atoms with E-state index in [1.165, 1.54) is 6.42 Å². The van der Waals surface area contributed by atoms with Gasteiger partial charge in [-0.2, -0.15) is 0 Å². The molecule has 0 aliphatic carbocycles. The lowest BCUT2D eigenvalue weighted by molar-refractivity contribution is 0.0978. The molecule has 2 aliphatic rings. The second-order valence-corrected chi connectivity index (χ2v) is 4.04. The van der Waals surface area contributed by atoms with Gasteiger partial charge in [0.25, 0.3) is 0 Å². The van der Waals surface area contributed by atoms with Gasteiger partial charge in [-0.15, -0.1) is 0 Å². The molecule has 4 heteroatoms. The molecule has 0 atom stereocenters. The van der Waals surface area contributed by atoms with E-state index in [2.05, 4.69) is 11.8 Å². The molecule has 0 aromatic carbocycles. The fourth-order valence-corrected chi connectivity index (χ4v) is 1.96. The van der Waals surface area contributed by atoms with Crippen LogP contribution in [0.2, 0.25) is 0 Å². The summed E-state index contributed by atoms with van der Waals surface area (Å²) in [5.74, 6) is 0. The number of carbonyl (C=O) groups excluding carboxylic acids is 1. The Bertz CT molecular complexity index is 207. The summed E-state index contributed by atoms with van der Waals surface area (Å²) < 4.78 is 0. The number of piperazine rings is 1. The van der Waals surface area contributed by atoms with Crippen LogP contribution in [0.5, 0.6) is 0 Å². The predicted molar refractivity (Wildman–Crippen MR) is 55.3 cm³/mol. The van der Waals surface area contributed by atoms with E-state index < -0.39 is 0 Å². The number of urea groups is 1. The highest BCUT2D eigenvalue weighted by molar-refractivity contribution is 5.75. The van der Waals surface area contributed by atoms with Crippen molar-refractivity contribution >= 4 is 6.03 Å². The minimum atomic E-state index is 0.256. The lowest BCUT2D eigenvalue weighted by atomic mass is 10.2. The summed E-state index contributed by atoms with van der Waals surface area (Å²) in [5.41, 5.74) is 0. The fraction of sp³-hybridized carbons (Fsp3) is 0.900. The van der Waals surface area contributed by atoms with E-state index in [0.717, 1.165) is 45.8 Å². The first-order chi connectivity index (χ1) is 6.81. The molecule has 0 aromatic rings. The molecular formula is C10H19N3O. The van der Waals surface area contributed by atoms with Crippen molar-refractivity contribution in [2.75, 3.05) is 45.8 Å². The fourth-order valence-electron chi connectivity index (χ4n) is 1.96. The third kappa shape index (κ3) is 1.85. The minimum absolute atomic E-state index is 0.256. The van der Waals surface area contributed by atoms with Crippen LogP contribution in [0.4, 0.5) is 4.79 Å². The van der Waals surface area contributed by atoms with Gasteiger partial charge in [0.1, 0.15) is 0 Å². The second-order valence-electron chi connectivity index (χ2n) is 4.04. The summed E-state index contributed by atoms with van der Waals surface area (Å²) in [7, 11) is 0. The highest BCUT2D eigenvalue weighted by Crippen LogP contribution is 2.11. The average molecular weight is 197 g/mol. The topological polar surface area (TPSA) is 26.8 Å². The Labute approximate surface area is 85.5 Å². The number of carbonyl (C=O) groups is 1. The van der Waals surface area contributed by atoms with E-state index in [4.69, 9.17) is 0 Å². The smallest absolute Gasteiger partial charge is 0.320 e. The Kier molecular flexibility index (Phi) is 2.91. The normalized spacial score (nSPS) is 23.5. The van der Waals surface area contributed by atoms with E-state index in [9.17, 15) is 4.79 Å². The highest BCUT2D eigenvalue weighted by atomic mass is 16.2. The number of rotatable bonds is 1. The minimum Gasteiger partial charge on any atom is -0.325 e. The lowest BCUT2D eigenvalue weighted by Gasteiger charge is -2.40. The zero-order valence-electron chi connectivity index (χ0n) is 8.91. The van der Waals surface area contributed by atoms with Gasteiger partial charge in [0.05, 0.1) is 0 Å². The van der Waals surface area contributed by atoms with Crippen LogP contribution in [0, 0.1) is 0 Å². The summed E-state index contributed by atoms with van der Waals surface area (Å²) in [4.78, 5) is 18.1. The zero-order chi connectivity index (χ0) is 9.97. The summed E-state index contributed by atoms with van der Waals surface area (Å²) >= 11 is 0. The third-order valence-corrected chi connectivity index (χ3v) is 3.22. The van der Waals surface area contributed by atoms with Crippen LogP contribution in [-0.2, 0) is 0 Å². The molecule has 0 saturated carbocycles. The Morgan fingerprint density at radius 3 is 2.00 bits per heavy atom. The number of hydrogen-bond acceptors (Lipinski definition) is 2. The van der Waals surface area contributed by atoms with Crippen LogP contribution in [0.1, 0.15) is 13.3 Å². The standard InChI is InChI=1S/C10H19N3O/c1-2-11-6-8-13(9-7-11)10(14)12-4-3-5-12/h2-9H2,1H3. The first-order valence-corrected chi connectivity index (χ1v) is 5.57. The molecule has 2 heterocycles. The molecule has 0 N–H and O–H groups in total. The summed E-state index contributed by atoms with van der Waals surface area (Å²) in [6, 6.07) is 0.256. The van der Waals surface area contributed by atoms with E-state index in [1.807, 2.05) is 9.80 Å². The van der Waals surface area contributed by atoms with Crippen LogP contribution in [-0.4, -0.2) is 66.5 Å². The molecule has 80 valence electrons. The van der Waals surface area contributed by atoms with E-state index in [1.54, 1.807) is 0 Å². The largest absolute Gasteiger partial charge is 0.325 e. The average Bonchev–Trinajstić information content (AvgIpc) is 2.15. The summed E-state index contributed by atoms with van der Waals surface area (Å²) in [5, 5.41) is 0. The van der Waals surface area contributed by atoms with Crippen molar-refractivity contribution in [3.05, 3.63) is 0 Å². The van der Waals surface area contributed by atoms with Gasteiger partial charge in [0, 0.05) is 39.3 Å². The molecule has 2 fully saturated rings. The molecule has 0 radical (unpaired) electrons. The SMILES string of the molecule is CCN1CCN(C(=O)N2CCC2)CC1. The van der Waals surface area contributed by atoms with Gasteiger partial charge < -0.3 is 14.7 Å². The van der Waals surface area contributed by atoms with E-state index in [0.29, 0.717) is 0 Å². The summed E-state index contributed by atoms with van der Waals surface area (Å²) in [6.45, 7) is 9.09. The Morgan fingerprint density at radius 2 is 1.57 bits per heavy atom. The molecule has 2 rings (SSSR count). The van der Waals surface area contributed by atoms with Crippen molar-refractivity contribution in [2.24, 2.45) is 0 Å². The number of amides is 2. The summed E-state index contributed by atoms with van der Waals surface area (Å²) in [6.07, 6.45) is 1.18. The molecule has 2 amide bonds. The molecule has 0 bridgehead atoms. The van der Waals surface area contributed by atoms with Crippen LogP contribution in [0.25, 0.3) is 0 Å². The maximum atomic E-state index is 11.8. The van der Waals surface area contributed by atoms with Crippen LogP contribution in [0.3, 0.4) is 0 Å². The van der Waals surface area contributed by atoms with Gasteiger partial charge in [-0.25, -0.2) is 4.79 Å². The van der Waals surface area contributed by atoms with Gasteiger partial charge in [-0.05, 0) is 13.0 Å². The van der Waals surface area contributed by atoms with Gasteiger partial charge >= 0.3 is 6.03 Å². The molecular weight excluding hydrogens is 178 g/mol. The van der Waals surface area contributed by atoms with Crippen molar-refractivity contribution < 1.29 is 4.79 Å². The quantitative estimate of drug-likeness (QED) is 0.610. The van der Waals surface area contributed by atoms with Crippen molar-refractivity contribution in [1.82, 2.24) is 14.7 Å². The Balaban J connectivity index is 1.79. The van der Waals surface area contributed by atoms with Crippen LogP contribution in [0.15, 0.2) is 0 Å². The van der Waals surface area contributed by atoms with Crippen molar-refractivity contribution in [3.63, 3.8) is 0 Å². The monoisotopic (exact) mass is 197 g/mol. The zero-order valence-corrected chi connectivity index (χ0v) is 8.91.